The zero-order valence-corrected chi connectivity index (χ0v) is 19.6. The number of benzene rings is 1. The molecule has 0 atom stereocenters. The predicted molar refractivity (Wildman–Crippen MR) is 130 cm³/mol. The molecule has 0 saturated carbocycles. The zero-order chi connectivity index (χ0) is 22.9. The van der Waals surface area contributed by atoms with E-state index in [1.807, 2.05) is 19.1 Å². The maximum Gasteiger partial charge on any atom is 0.267 e. The highest BCUT2D eigenvalue weighted by atomic mass is 35.5. The van der Waals surface area contributed by atoms with Crippen LogP contribution in [0.15, 0.2) is 30.5 Å². The summed E-state index contributed by atoms with van der Waals surface area (Å²) >= 11 is 13.4. The highest BCUT2D eigenvalue weighted by Gasteiger charge is 2.14. The third kappa shape index (κ3) is 7.01. The second-order valence-corrected chi connectivity index (χ2v) is 8.48. The van der Waals surface area contributed by atoms with E-state index in [-0.39, 0.29) is 17.8 Å². The van der Waals surface area contributed by atoms with Crippen molar-refractivity contribution in [3.8, 4) is 0 Å². The second-order valence-electron chi connectivity index (χ2n) is 6.70. The van der Waals surface area contributed by atoms with Crippen LogP contribution in [0.25, 0.3) is 0 Å². The van der Waals surface area contributed by atoms with Crippen LogP contribution in [-0.2, 0) is 0 Å². The number of aromatic nitrogens is 3. The lowest BCUT2D eigenvalue weighted by atomic mass is 10.2. The minimum Gasteiger partial charge on any atom is -0.395 e. The molecule has 1 aromatic carbocycles. The molecule has 9 nitrogen and oxygen atoms in total. The number of hydrogen-bond donors (Lipinski definition) is 5. The van der Waals surface area contributed by atoms with Crippen LogP contribution >= 0.6 is 34.5 Å². The van der Waals surface area contributed by atoms with Gasteiger partial charge >= 0.3 is 0 Å². The van der Waals surface area contributed by atoms with E-state index in [0.29, 0.717) is 45.4 Å². The molecule has 0 saturated heterocycles. The summed E-state index contributed by atoms with van der Waals surface area (Å²) in [5.41, 5.74) is 1.44. The van der Waals surface area contributed by atoms with Crippen molar-refractivity contribution in [1.82, 2.24) is 20.3 Å². The number of aliphatic hydroxyl groups excluding tert-OH is 1. The summed E-state index contributed by atoms with van der Waals surface area (Å²) in [5, 5.41) is 22.0. The van der Waals surface area contributed by atoms with E-state index in [1.165, 1.54) is 17.5 Å². The normalized spacial score (nSPS) is 10.8. The molecular weight excluding hydrogens is 473 g/mol. The van der Waals surface area contributed by atoms with E-state index in [9.17, 15) is 4.79 Å². The van der Waals surface area contributed by atoms with Gasteiger partial charge in [-0.15, -0.1) is 0 Å². The van der Waals surface area contributed by atoms with Gasteiger partial charge in [0.1, 0.15) is 16.5 Å². The van der Waals surface area contributed by atoms with Crippen LogP contribution in [0, 0.1) is 6.92 Å². The smallest absolute Gasteiger partial charge is 0.267 e. The molecular formula is C20H23Cl2N7O2S. The molecule has 0 fully saturated rings. The number of nitrogens with one attached hydrogen (secondary N) is 4. The fourth-order valence-electron chi connectivity index (χ4n) is 2.72. The molecule has 32 heavy (non-hydrogen) atoms. The monoisotopic (exact) mass is 495 g/mol. The molecule has 0 radical (unpaired) electrons. The number of aliphatic hydroxyl groups is 1. The highest BCUT2D eigenvalue weighted by Crippen LogP contribution is 2.28. The van der Waals surface area contributed by atoms with Crippen molar-refractivity contribution in [2.45, 2.75) is 13.3 Å². The van der Waals surface area contributed by atoms with Crippen molar-refractivity contribution in [2.24, 2.45) is 0 Å². The first kappa shape index (κ1) is 24.1. The Morgan fingerprint density at radius 3 is 2.75 bits per heavy atom. The lowest BCUT2D eigenvalue weighted by molar-refractivity contribution is 0.103. The van der Waals surface area contributed by atoms with E-state index < -0.39 is 0 Å². The maximum atomic E-state index is 12.6. The van der Waals surface area contributed by atoms with E-state index >= 15 is 0 Å². The molecule has 5 N–H and O–H groups in total. The highest BCUT2D eigenvalue weighted by molar-refractivity contribution is 7.17. The molecule has 0 unspecified atom stereocenters. The van der Waals surface area contributed by atoms with Gasteiger partial charge in [-0.05, 0) is 43.1 Å². The van der Waals surface area contributed by atoms with Crippen molar-refractivity contribution in [3.05, 3.63) is 51.2 Å². The maximum absolute atomic E-state index is 12.6. The van der Waals surface area contributed by atoms with Crippen LogP contribution in [0.4, 0.5) is 22.5 Å². The van der Waals surface area contributed by atoms with Gasteiger partial charge in [0.15, 0.2) is 5.13 Å². The van der Waals surface area contributed by atoms with Crippen LogP contribution in [0.1, 0.15) is 21.7 Å². The van der Waals surface area contributed by atoms with Crippen molar-refractivity contribution >= 4 is 62.9 Å². The molecule has 0 aliphatic carbocycles. The molecule has 12 heteroatoms. The number of amides is 1. The number of rotatable bonds is 11. The Labute approximate surface area is 199 Å². The number of thiazole rings is 1. The number of hydrogen-bond acceptors (Lipinski definition) is 9. The molecule has 0 aliphatic rings. The molecule has 170 valence electrons. The summed E-state index contributed by atoms with van der Waals surface area (Å²) in [6.45, 7) is 4.00. The lowest BCUT2D eigenvalue weighted by Gasteiger charge is -2.09. The van der Waals surface area contributed by atoms with Crippen molar-refractivity contribution in [2.75, 3.05) is 42.2 Å². The summed E-state index contributed by atoms with van der Waals surface area (Å²) in [7, 11) is 0. The van der Waals surface area contributed by atoms with E-state index in [4.69, 9.17) is 28.3 Å². The molecule has 1 amide bonds. The molecule has 3 rings (SSSR count). The summed E-state index contributed by atoms with van der Waals surface area (Å²) in [4.78, 5) is 25.6. The number of halogens is 2. The first-order valence-electron chi connectivity index (χ1n) is 9.85. The largest absolute Gasteiger partial charge is 0.395 e. The Morgan fingerprint density at radius 1 is 1.16 bits per heavy atom. The quantitative estimate of drug-likeness (QED) is 0.200. The number of carbonyl (C=O) groups is 1. The van der Waals surface area contributed by atoms with Crippen molar-refractivity contribution in [1.29, 1.82) is 0 Å². The third-order valence-electron chi connectivity index (χ3n) is 4.25. The van der Waals surface area contributed by atoms with Gasteiger partial charge in [-0.2, -0.15) is 0 Å². The third-order valence-corrected chi connectivity index (χ3v) is 5.64. The van der Waals surface area contributed by atoms with Gasteiger partial charge in [0.2, 0.25) is 5.28 Å². The number of aryl methyl sites for hydroxylation is 1. The summed E-state index contributed by atoms with van der Waals surface area (Å²) < 4.78 is 0. The number of carbonyl (C=O) groups excluding carboxylic acids is 1. The van der Waals surface area contributed by atoms with Gasteiger partial charge in [0.05, 0.1) is 23.5 Å². The SMILES string of the molecule is Cc1cccc(Cl)c1NC(=O)c1cnc(Nc2cc(NCCCNCCO)nc(Cl)n2)s1. The first-order valence-corrected chi connectivity index (χ1v) is 11.4. The molecule has 0 spiro atoms. The molecule has 3 aromatic rings. The van der Waals surface area contributed by atoms with Crippen LogP contribution in [0.3, 0.4) is 0 Å². The Balaban J connectivity index is 1.60. The number of para-hydroxylation sites is 1. The van der Waals surface area contributed by atoms with Crippen LogP contribution in [0.2, 0.25) is 10.3 Å². The van der Waals surface area contributed by atoms with E-state index in [1.54, 1.807) is 12.1 Å². The second kappa shape index (κ2) is 11.9. The number of nitrogens with zero attached hydrogens (tertiary/aromatic N) is 3. The summed E-state index contributed by atoms with van der Waals surface area (Å²) in [6, 6.07) is 7.13. The fourth-order valence-corrected chi connectivity index (χ4v) is 3.89. The Bertz CT molecular complexity index is 1040. The van der Waals surface area contributed by atoms with Crippen molar-refractivity contribution in [3.63, 3.8) is 0 Å². The van der Waals surface area contributed by atoms with Gasteiger partial charge < -0.3 is 26.4 Å². The Morgan fingerprint density at radius 2 is 1.97 bits per heavy atom. The van der Waals surface area contributed by atoms with Gasteiger partial charge in [-0.3, -0.25) is 4.79 Å². The summed E-state index contributed by atoms with van der Waals surface area (Å²) in [6.07, 6.45) is 2.33. The first-order chi connectivity index (χ1) is 15.5. The molecule has 2 heterocycles. The fraction of sp³-hybridized carbons (Fsp3) is 0.300. The standard InChI is InChI=1S/C20H23Cl2N7O2S/c1-12-4-2-5-13(21)17(12)29-18(31)14-11-25-20(32-14)28-16-10-15(26-19(22)27-16)24-7-3-6-23-8-9-30/h2,4-5,10-11,23,30H,3,6-9H2,1H3,(H,29,31)(H2,24,25,26,27,28). The van der Waals surface area contributed by atoms with Crippen LogP contribution in [-0.4, -0.2) is 52.2 Å². The van der Waals surface area contributed by atoms with E-state index in [0.717, 1.165) is 18.5 Å². The van der Waals surface area contributed by atoms with Crippen LogP contribution < -0.4 is 21.3 Å². The van der Waals surface area contributed by atoms with Gasteiger partial charge in [-0.25, -0.2) is 15.0 Å². The topological polar surface area (TPSA) is 124 Å². The minimum atomic E-state index is -0.301. The van der Waals surface area contributed by atoms with Crippen molar-refractivity contribution < 1.29 is 9.90 Å². The van der Waals surface area contributed by atoms with Gasteiger partial charge in [-0.1, -0.05) is 35.1 Å². The Hall–Kier alpha value is -2.50. The van der Waals surface area contributed by atoms with Gasteiger partial charge in [0, 0.05) is 19.2 Å². The average Bonchev–Trinajstić information content (AvgIpc) is 3.21. The molecule has 2 aromatic heterocycles. The lowest BCUT2D eigenvalue weighted by Crippen LogP contribution is -2.21. The summed E-state index contributed by atoms with van der Waals surface area (Å²) in [5.74, 6) is 0.720. The van der Waals surface area contributed by atoms with E-state index in [2.05, 4.69) is 36.2 Å². The Kier molecular flexibility index (Phi) is 9.00. The predicted octanol–water partition coefficient (Wildman–Crippen LogP) is 3.93. The van der Waals surface area contributed by atoms with Gasteiger partial charge in [0.25, 0.3) is 5.91 Å². The zero-order valence-electron chi connectivity index (χ0n) is 17.3. The van der Waals surface area contributed by atoms with Crippen LogP contribution in [0.5, 0.6) is 0 Å². The molecule has 0 aliphatic heterocycles. The minimum absolute atomic E-state index is 0.0830. The molecule has 0 bridgehead atoms. The average molecular weight is 496 g/mol. The number of anilines is 4.